The molecule has 3 aromatic rings. The highest BCUT2D eigenvalue weighted by atomic mass is 35.5. The Hall–Kier alpha value is -2.98. The number of carbonyl (C=O) groups is 1. The number of rotatable bonds is 7. The lowest BCUT2D eigenvalue weighted by Gasteiger charge is -2.15. The van der Waals surface area contributed by atoms with E-state index in [1.165, 1.54) is 6.07 Å². The molecule has 3 aromatic carbocycles. The van der Waals surface area contributed by atoms with E-state index in [-0.39, 0.29) is 22.9 Å². The van der Waals surface area contributed by atoms with E-state index in [2.05, 4.69) is 0 Å². The number of aromatic carboxylic acids is 1. The van der Waals surface area contributed by atoms with Gasteiger partial charge in [-0.05, 0) is 23.3 Å². The van der Waals surface area contributed by atoms with Crippen LogP contribution in [0.15, 0.2) is 72.8 Å². The van der Waals surface area contributed by atoms with Crippen LogP contribution >= 0.6 is 11.6 Å². The Labute approximate surface area is 156 Å². The zero-order chi connectivity index (χ0) is 18.4. The Morgan fingerprint density at radius 1 is 0.808 bits per heavy atom. The summed E-state index contributed by atoms with van der Waals surface area (Å²) in [5, 5.41) is 9.56. The number of ether oxygens (including phenoxy) is 2. The lowest BCUT2D eigenvalue weighted by atomic mass is 10.2. The molecule has 0 aliphatic heterocycles. The predicted octanol–water partition coefficient (Wildman–Crippen LogP) is 5.20. The summed E-state index contributed by atoms with van der Waals surface area (Å²) in [5.41, 5.74) is 1.89. The number of carboxylic acid groups (broad SMARTS) is 1. The number of hydrogen-bond donors (Lipinski definition) is 1. The van der Waals surface area contributed by atoms with Gasteiger partial charge in [0.2, 0.25) is 0 Å². The van der Waals surface area contributed by atoms with Gasteiger partial charge in [-0.1, -0.05) is 72.3 Å². The highest BCUT2D eigenvalue weighted by Crippen LogP contribution is 2.38. The summed E-state index contributed by atoms with van der Waals surface area (Å²) in [6, 6.07) is 22.1. The van der Waals surface area contributed by atoms with E-state index in [1.54, 1.807) is 6.07 Å². The van der Waals surface area contributed by atoms with Gasteiger partial charge in [0.15, 0.2) is 5.75 Å². The van der Waals surface area contributed by atoms with E-state index in [4.69, 9.17) is 21.1 Å². The summed E-state index contributed by atoms with van der Waals surface area (Å²) in [6.45, 7) is 0.536. The van der Waals surface area contributed by atoms with Crippen LogP contribution in [0.25, 0.3) is 0 Å². The molecule has 0 spiro atoms. The summed E-state index contributed by atoms with van der Waals surface area (Å²) < 4.78 is 11.5. The largest absolute Gasteiger partial charge is 0.487 e. The average Bonchev–Trinajstić information content (AvgIpc) is 2.67. The number of hydrogen-bond acceptors (Lipinski definition) is 3. The van der Waals surface area contributed by atoms with Crippen LogP contribution in [-0.2, 0) is 13.2 Å². The highest BCUT2D eigenvalue weighted by molar-refractivity contribution is 6.34. The van der Waals surface area contributed by atoms with Gasteiger partial charge in [0.05, 0.1) is 0 Å². The van der Waals surface area contributed by atoms with Gasteiger partial charge in [0.1, 0.15) is 29.5 Å². The van der Waals surface area contributed by atoms with Crippen LogP contribution in [0.1, 0.15) is 21.5 Å². The monoisotopic (exact) mass is 368 g/mol. The van der Waals surface area contributed by atoms with Crippen molar-refractivity contribution < 1.29 is 19.4 Å². The minimum absolute atomic E-state index is 0.00186. The fraction of sp³-hybridized carbons (Fsp3) is 0.0952. The molecule has 0 saturated heterocycles. The Kier molecular flexibility index (Phi) is 5.77. The van der Waals surface area contributed by atoms with Gasteiger partial charge in [-0.2, -0.15) is 0 Å². The molecular formula is C21H17ClO4. The first-order chi connectivity index (χ1) is 12.6. The first kappa shape index (κ1) is 17.8. The van der Waals surface area contributed by atoms with Gasteiger partial charge in [0.25, 0.3) is 0 Å². The highest BCUT2D eigenvalue weighted by Gasteiger charge is 2.19. The molecule has 0 aromatic heterocycles. The summed E-state index contributed by atoms with van der Waals surface area (Å²) in [4.78, 5) is 11.5. The van der Waals surface area contributed by atoms with Crippen LogP contribution in [0.3, 0.4) is 0 Å². The van der Waals surface area contributed by atoms with E-state index in [0.29, 0.717) is 12.4 Å². The number of benzene rings is 3. The van der Waals surface area contributed by atoms with Gasteiger partial charge in [-0.15, -0.1) is 0 Å². The zero-order valence-electron chi connectivity index (χ0n) is 13.9. The molecule has 0 radical (unpaired) electrons. The van der Waals surface area contributed by atoms with E-state index >= 15 is 0 Å². The maximum absolute atomic E-state index is 11.5. The fourth-order valence-corrected chi connectivity index (χ4v) is 2.70. The third-order valence-electron chi connectivity index (χ3n) is 3.76. The minimum atomic E-state index is -1.11. The third-order valence-corrected chi connectivity index (χ3v) is 4.11. The molecule has 0 atom stereocenters. The Balaban J connectivity index is 1.82. The SMILES string of the molecule is O=C(O)c1ccc(OCc2ccccc2)c(Cl)c1OCc1ccccc1. The van der Waals surface area contributed by atoms with E-state index in [1.807, 2.05) is 60.7 Å². The van der Waals surface area contributed by atoms with Crippen molar-refractivity contribution in [2.24, 2.45) is 0 Å². The van der Waals surface area contributed by atoms with Crippen LogP contribution in [-0.4, -0.2) is 11.1 Å². The molecule has 1 N–H and O–H groups in total. The van der Waals surface area contributed by atoms with Crippen molar-refractivity contribution in [3.63, 3.8) is 0 Å². The standard InChI is InChI=1S/C21H17ClO4/c22-19-18(25-13-15-7-3-1-4-8-15)12-11-17(21(23)24)20(19)26-14-16-9-5-2-6-10-16/h1-12H,13-14H2,(H,23,24). The molecule has 0 heterocycles. The Morgan fingerprint density at radius 2 is 1.35 bits per heavy atom. The second kappa shape index (κ2) is 8.41. The first-order valence-corrected chi connectivity index (χ1v) is 8.42. The summed E-state index contributed by atoms with van der Waals surface area (Å²) in [7, 11) is 0. The molecule has 132 valence electrons. The van der Waals surface area contributed by atoms with Crippen molar-refractivity contribution in [2.75, 3.05) is 0 Å². The third kappa shape index (κ3) is 4.35. The molecular weight excluding hydrogens is 352 g/mol. The molecule has 4 nitrogen and oxygen atoms in total. The fourth-order valence-electron chi connectivity index (χ4n) is 2.42. The molecule has 0 aliphatic rings. The van der Waals surface area contributed by atoms with Gasteiger partial charge in [-0.3, -0.25) is 0 Å². The smallest absolute Gasteiger partial charge is 0.339 e. The van der Waals surface area contributed by atoms with Crippen molar-refractivity contribution in [3.8, 4) is 11.5 Å². The Morgan fingerprint density at radius 3 is 1.88 bits per heavy atom. The van der Waals surface area contributed by atoms with Crippen LogP contribution < -0.4 is 9.47 Å². The van der Waals surface area contributed by atoms with Crippen LogP contribution in [0.5, 0.6) is 11.5 Å². The predicted molar refractivity (Wildman–Crippen MR) is 100.0 cm³/mol. The summed E-state index contributed by atoms with van der Waals surface area (Å²) in [6.07, 6.45) is 0. The van der Waals surface area contributed by atoms with Crippen LogP contribution in [0, 0.1) is 0 Å². The quantitative estimate of drug-likeness (QED) is 0.623. The molecule has 0 bridgehead atoms. The summed E-state index contributed by atoms with van der Waals surface area (Å²) >= 11 is 6.38. The molecule has 26 heavy (non-hydrogen) atoms. The molecule has 0 amide bonds. The zero-order valence-corrected chi connectivity index (χ0v) is 14.6. The second-order valence-electron chi connectivity index (χ2n) is 5.61. The van der Waals surface area contributed by atoms with Gasteiger partial charge in [0, 0.05) is 0 Å². The normalized spacial score (nSPS) is 10.3. The van der Waals surface area contributed by atoms with Gasteiger partial charge >= 0.3 is 5.97 Å². The topological polar surface area (TPSA) is 55.8 Å². The molecule has 5 heteroatoms. The first-order valence-electron chi connectivity index (χ1n) is 8.04. The average molecular weight is 369 g/mol. The number of halogens is 1. The number of carboxylic acids is 1. The van der Waals surface area contributed by atoms with Gasteiger partial charge in [-0.25, -0.2) is 4.79 Å². The lowest BCUT2D eigenvalue weighted by molar-refractivity contribution is 0.0691. The van der Waals surface area contributed by atoms with Crippen molar-refractivity contribution in [2.45, 2.75) is 13.2 Å². The maximum Gasteiger partial charge on any atom is 0.339 e. The summed E-state index contributed by atoms with van der Waals surface area (Å²) in [5.74, 6) is -0.623. The van der Waals surface area contributed by atoms with E-state index in [0.717, 1.165) is 11.1 Å². The van der Waals surface area contributed by atoms with Crippen molar-refractivity contribution in [1.82, 2.24) is 0 Å². The second-order valence-corrected chi connectivity index (χ2v) is 5.99. The maximum atomic E-state index is 11.5. The minimum Gasteiger partial charge on any atom is -0.487 e. The molecule has 0 saturated carbocycles. The van der Waals surface area contributed by atoms with Crippen molar-refractivity contribution >= 4 is 17.6 Å². The molecule has 3 rings (SSSR count). The van der Waals surface area contributed by atoms with E-state index < -0.39 is 5.97 Å². The van der Waals surface area contributed by atoms with E-state index in [9.17, 15) is 9.90 Å². The van der Waals surface area contributed by atoms with Crippen LogP contribution in [0.4, 0.5) is 0 Å². The van der Waals surface area contributed by atoms with Gasteiger partial charge < -0.3 is 14.6 Å². The van der Waals surface area contributed by atoms with Crippen LogP contribution in [0.2, 0.25) is 5.02 Å². The Bertz CT molecular complexity index is 879. The van der Waals surface area contributed by atoms with Crippen molar-refractivity contribution in [1.29, 1.82) is 0 Å². The molecule has 0 unspecified atom stereocenters. The van der Waals surface area contributed by atoms with Crippen molar-refractivity contribution in [3.05, 3.63) is 94.5 Å². The molecule has 0 fully saturated rings. The molecule has 0 aliphatic carbocycles. The lowest BCUT2D eigenvalue weighted by Crippen LogP contribution is -2.05.